The molecule has 0 saturated carbocycles. The summed E-state index contributed by atoms with van der Waals surface area (Å²) in [6.45, 7) is 14.1. The Labute approximate surface area is 268 Å². The highest BCUT2D eigenvalue weighted by atomic mass is 14.2. The summed E-state index contributed by atoms with van der Waals surface area (Å²) in [6, 6.07) is 0. The molecule has 0 nitrogen and oxygen atoms in total. The van der Waals surface area contributed by atoms with Crippen molar-refractivity contribution in [1.82, 2.24) is 0 Å². The minimum Gasteiger partial charge on any atom is -0.0885 e. The van der Waals surface area contributed by atoms with Gasteiger partial charge in [-0.2, -0.15) is 0 Å². The normalized spacial score (nSPS) is 13.5. The predicted octanol–water partition coefficient (Wildman–Crippen LogP) is 15.5. The van der Waals surface area contributed by atoms with Crippen LogP contribution in [0.25, 0.3) is 0 Å². The molecule has 0 aromatic carbocycles. The topological polar surface area (TPSA) is 0 Å². The van der Waals surface area contributed by atoms with Gasteiger partial charge in [-0.15, -0.1) is 0 Å². The summed E-state index contributed by atoms with van der Waals surface area (Å²) in [6.07, 6.45) is 49.8. The van der Waals surface area contributed by atoms with Crippen LogP contribution in [0.3, 0.4) is 0 Å². The highest BCUT2D eigenvalue weighted by molar-refractivity contribution is 5.10. The monoisotopic (exact) mass is 585 g/mol. The zero-order valence-corrected chi connectivity index (χ0v) is 30.2. The Morgan fingerprint density at radius 3 is 1.43 bits per heavy atom. The van der Waals surface area contributed by atoms with Gasteiger partial charge in [0.25, 0.3) is 0 Å². The van der Waals surface area contributed by atoms with Gasteiger partial charge >= 0.3 is 0 Å². The van der Waals surface area contributed by atoms with Gasteiger partial charge in [0.15, 0.2) is 0 Å². The third kappa shape index (κ3) is 30.7. The highest BCUT2D eigenvalue weighted by Crippen LogP contribution is 2.29. The SMILES string of the molecule is CCCCCC/C=C/C/C=C(/CCCCCCCC(C)C)C(CC/C=C/CCCCCC)CCCCCCCC(C)C. The molecule has 0 bridgehead atoms. The summed E-state index contributed by atoms with van der Waals surface area (Å²) >= 11 is 0. The Kier molecular flexibility index (Phi) is 32.5. The number of unbranched alkanes of at least 4 members (excludes halogenated alkanes) is 16. The minimum atomic E-state index is 0.796. The summed E-state index contributed by atoms with van der Waals surface area (Å²) in [5, 5.41) is 0. The molecule has 1 unspecified atom stereocenters. The summed E-state index contributed by atoms with van der Waals surface area (Å²) in [7, 11) is 0. The Morgan fingerprint density at radius 2 is 0.881 bits per heavy atom. The van der Waals surface area contributed by atoms with Crippen LogP contribution in [-0.4, -0.2) is 0 Å². The first-order valence-corrected chi connectivity index (χ1v) is 19.5. The van der Waals surface area contributed by atoms with Crippen LogP contribution in [0.5, 0.6) is 0 Å². The molecule has 42 heavy (non-hydrogen) atoms. The van der Waals surface area contributed by atoms with Crippen molar-refractivity contribution in [2.45, 2.75) is 215 Å². The average molecular weight is 585 g/mol. The Morgan fingerprint density at radius 1 is 0.429 bits per heavy atom. The molecule has 0 N–H and O–H groups in total. The lowest BCUT2D eigenvalue weighted by Crippen LogP contribution is -2.06. The maximum Gasteiger partial charge on any atom is -0.0166 e. The van der Waals surface area contributed by atoms with Crippen LogP contribution in [0.2, 0.25) is 0 Å². The highest BCUT2D eigenvalue weighted by Gasteiger charge is 2.14. The third-order valence-corrected chi connectivity index (χ3v) is 9.09. The van der Waals surface area contributed by atoms with Crippen LogP contribution >= 0.6 is 0 Å². The zero-order chi connectivity index (χ0) is 30.9. The quantitative estimate of drug-likeness (QED) is 0.0545. The van der Waals surface area contributed by atoms with Gasteiger partial charge < -0.3 is 0 Å². The van der Waals surface area contributed by atoms with E-state index in [0.717, 1.165) is 24.2 Å². The predicted molar refractivity (Wildman–Crippen MR) is 196 cm³/mol. The Hall–Kier alpha value is -0.780. The van der Waals surface area contributed by atoms with Crippen LogP contribution in [0.4, 0.5) is 0 Å². The van der Waals surface area contributed by atoms with Crippen molar-refractivity contribution in [3.63, 3.8) is 0 Å². The second-order valence-electron chi connectivity index (χ2n) is 14.4. The lowest BCUT2D eigenvalue weighted by Gasteiger charge is -2.21. The van der Waals surface area contributed by atoms with Gasteiger partial charge in [0, 0.05) is 0 Å². The largest absolute Gasteiger partial charge is 0.0885 e. The zero-order valence-electron chi connectivity index (χ0n) is 30.2. The number of hydrogen-bond donors (Lipinski definition) is 0. The van der Waals surface area contributed by atoms with Crippen LogP contribution in [0.1, 0.15) is 215 Å². The summed E-state index contributed by atoms with van der Waals surface area (Å²) in [4.78, 5) is 0. The van der Waals surface area contributed by atoms with E-state index in [1.165, 1.54) is 167 Å². The van der Waals surface area contributed by atoms with Gasteiger partial charge in [-0.05, 0) is 82.0 Å². The summed E-state index contributed by atoms with van der Waals surface area (Å²) < 4.78 is 0. The van der Waals surface area contributed by atoms with Crippen molar-refractivity contribution in [3.05, 3.63) is 36.0 Å². The molecule has 0 heteroatoms. The van der Waals surface area contributed by atoms with Gasteiger partial charge in [0.2, 0.25) is 0 Å². The number of allylic oxidation sites excluding steroid dienone is 6. The molecule has 0 aliphatic rings. The van der Waals surface area contributed by atoms with Crippen LogP contribution in [0.15, 0.2) is 36.0 Å². The van der Waals surface area contributed by atoms with E-state index in [2.05, 4.69) is 71.9 Å². The first kappa shape index (κ1) is 41.2. The molecule has 1 atom stereocenters. The first-order chi connectivity index (χ1) is 20.5. The van der Waals surface area contributed by atoms with E-state index < -0.39 is 0 Å². The molecular formula is C42H80. The van der Waals surface area contributed by atoms with E-state index in [-0.39, 0.29) is 0 Å². The molecule has 0 rings (SSSR count). The average Bonchev–Trinajstić information content (AvgIpc) is 2.96. The molecule has 0 saturated heterocycles. The van der Waals surface area contributed by atoms with Crippen LogP contribution in [0, 0.1) is 17.8 Å². The number of hydrogen-bond acceptors (Lipinski definition) is 0. The summed E-state index contributed by atoms with van der Waals surface area (Å²) in [5.74, 6) is 2.52. The van der Waals surface area contributed by atoms with E-state index in [9.17, 15) is 0 Å². The molecule has 0 amide bonds. The molecule has 0 heterocycles. The van der Waals surface area contributed by atoms with Crippen molar-refractivity contribution in [2.75, 3.05) is 0 Å². The molecule has 0 aliphatic heterocycles. The lowest BCUT2D eigenvalue weighted by molar-refractivity contribution is 0.452. The fourth-order valence-corrected chi connectivity index (χ4v) is 6.22. The van der Waals surface area contributed by atoms with E-state index in [1.54, 1.807) is 0 Å². The Balaban J connectivity index is 5.05. The van der Waals surface area contributed by atoms with Gasteiger partial charge in [-0.1, -0.05) is 187 Å². The van der Waals surface area contributed by atoms with Gasteiger partial charge in [-0.25, -0.2) is 0 Å². The van der Waals surface area contributed by atoms with Crippen molar-refractivity contribution in [1.29, 1.82) is 0 Å². The van der Waals surface area contributed by atoms with Crippen molar-refractivity contribution < 1.29 is 0 Å². The van der Waals surface area contributed by atoms with Gasteiger partial charge in [0.05, 0.1) is 0 Å². The molecule has 0 aromatic heterocycles. The molecule has 0 aromatic rings. The molecule has 0 fully saturated rings. The standard InChI is InChI=1S/C42H80/c1-7-9-11-13-15-17-23-29-35-41(37-31-25-19-21-27-33-39(3)4)42(36-30-24-18-16-14-12-10-8-2)38-32-26-20-22-28-34-40(5)6/h17-18,23-24,35,39-40,42H,7-16,19-22,25-34,36-38H2,1-6H3/b23-17+,24-18+,41-35-. The lowest BCUT2D eigenvalue weighted by atomic mass is 9.85. The maximum absolute atomic E-state index is 2.67. The van der Waals surface area contributed by atoms with E-state index in [1.807, 2.05) is 5.57 Å². The molecule has 0 radical (unpaired) electrons. The minimum absolute atomic E-state index is 0.796. The van der Waals surface area contributed by atoms with Gasteiger partial charge in [-0.3, -0.25) is 0 Å². The second kappa shape index (κ2) is 33.1. The molecule has 0 aliphatic carbocycles. The number of rotatable bonds is 32. The second-order valence-corrected chi connectivity index (χ2v) is 14.4. The van der Waals surface area contributed by atoms with Crippen molar-refractivity contribution in [2.24, 2.45) is 17.8 Å². The van der Waals surface area contributed by atoms with Gasteiger partial charge in [0.1, 0.15) is 0 Å². The van der Waals surface area contributed by atoms with Crippen LogP contribution < -0.4 is 0 Å². The van der Waals surface area contributed by atoms with Crippen molar-refractivity contribution >= 4 is 0 Å². The van der Waals surface area contributed by atoms with E-state index >= 15 is 0 Å². The fourth-order valence-electron chi connectivity index (χ4n) is 6.22. The maximum atomic E-state index is 2.67. The first-order valence-electron chi connectivity index (χ1n) is 19.5. The Bertz CT molecular complexity index is 604. The third-order valence-electron chi connectivity index (χ3n) is 9.09. The van der Waals surface area contributed by atoms with Crippen molar-refractivity contribution in [3.8, 4) is 0 Å². The molecular weight excluding hydrogens is 504 g/mol. The summed E-state index contributed by atoms with van der Waals surface area (Å²) in [5.41, 5.74) is 1.81. The smallest absolute Gasteiger partial charge is 0.0166 e. The molecule has 248 valence electrons. The van der Waals surface area contributed by atoms with Crippen LogP contribution in [-0.2, 0) is 0 Å². The van der Waals surface area contributed by atoms with E-state index in [0.29, 0.717) is 0 Å². The molecule has 0 spiro atoms. The van der Waals surface area contributed by atoms with E-state index in [4.69, 9.17) is 0 Å². The fraction of sp³-hybridized carbons (Fsp3) is 0.857.